The minimum absolute atomic E-state index is 0.176. The second-order valence-corrected chi connectivity index (χ2v) is 5.21. The molecular formula is C11H12ClNO4S. The molecule has 98 valence electrons. The Kier molecular flexibility index (Phi) is 4.21. The lowest BCUT2D eigenvalue weighted by Gasteiger charge is -2.07. The molecule has 1 aliphatic heterocycles. The number of hydrogen-bond donors (Lipinski definition) is 2. The summed E-state index contributed by atoms with van der Waals surface area (Å²) >= 11 is 7.47. The summed E-state index contributed by atoms with van der Waals surface area (Å²) in [5, 5.41) is 9.16. The Bertz CT molecular complexity index is 469. The monoisotopic (exact) mass is 289 g/mol. The zero-order valence-corrected chi connectivity index (χ0v) is 11.0. The van der Waals surface area contributed by atoms with Crippen molar-refractivity contribution in [1.29, 1.82) is 0 Å². The van der Waals surface area contributed by atoms with Crippen LogP contribution in [0.2, 0.25) is 5.02 Å². The number of aliphatic carboxylic acids is 1. The first-order valence-corrected chi connectivity index (χ1v) is 6.75. The molecule has 0 aliphatic carbocycles. The molecule has 1 heterocycles. The van der Waals surface area contributed by atoms with E-state index in [9.17, 15) is 4.79 Å². The van der Waals surface area contributed by atoms with E-state index in [1.54, 1.807) is 6.07 Å². The molecule has 3 N–H and O–H groups in total. The zero-order valence-electron chi connectivity index (χ0n) is 9.39. The van der Waals surface area contributed by atoms with Gasteiger partial charge in [-0.3, -0.25) is 4.79 Å². The summed E-state index contributed by atoms with van der Waals surface area (Å²) in [6, 6.07) is 2.78. The van der Waals surface area contributed by atoms with Crippen LogP contribution in [0.3, 0.4) is 0 Å². The van der Waals surface area contributed by atoms with Crippen LogP contribution in [-0.4, -0.2) is 29.7 Å². The molecule has 0 amide bonds. The van der Waals surface area contributed by atoms with Gasteiger partial charge in [0.25, 0.3) is 0 Å². The molecule has 1 unspecified atom stereocenters. The van der Waals surface area contributed by atoms with Gasteiger partial charge in [-0.2, -0.15) is 11.8 Å². The fraction of sp³-hybridized carbons (Fsp3) is 0.364. The molecule has 1 aromatic carbocycles. The van der Waals surface area contributed by atoms with E-state index < -0.39 is 12.0 Å². The number of rotatable bonds is 5. The molecule has 0 radical (unpaired) electrons. The van der Waals surface area contributed by atoms with Crippen molar-refractivity contribution in [3.05, 3.63) is 22.7 Å². The van der Waals surface area contributed by atoms with Crippen molar-refractivity contribution < 1.29 is 19.4 Å². The number of carboxylic acid groups (broad SMARTS) is 1. The van der Waals surface area contributed by atoms with Crippen molar-refractivity contribution in [2.45, 2.75) is 11.8 Å². The second-order valence-electron chi connectivity index (χ2n) is 3.77. The Hall–Kier alpha value is -1.11. The van der Waals surface area contributed by atoms with E-state index in [-0.39, 0.29) is 6.79 Å². The van der Waals surface area contributed by atoms with Gasteiger partial charge >= 0.3 is 5.97 Å². The maximum atomic E-state index is 10.6. The van der Waals surface area contributed by atoms with Crippen LogP contribution in [0.4, 0.5) is 0 Å². The van der Waals surface area contributed by atoms with Gasteiger partial charge in [0.05, 0.1) is 5.02 Å². The molecule has 1 atom stereocenters. The average Bonchev–Trinajstić information content (AvgIpc) is 2.77. The topological polar surface area (TPSA) is 81.8 Å². The molecule has 0 saturated carbocycles. The van der Waals surface area contributed by atoms with E-state index in [1.807, 2.05) is 6.07 Å². The third-order valence-electron chi connectivity index (χ3n) is 2.37. The Morgan fingerprint density at radius 1 is 1.56 bits per heavy atom. The van der Waals surface area contributed by atoms with Gasteiger partial charge in [0.1, 0.15) is 6.04 Å². The van der Waals surface area contributed by atoms with E-state index in [2.05, 4.69) is 0 Å². The Morgan fingerprint density at radius 3 is 3.06 bits per heavy atom. The quantitative estimate of drug-likeness (QED) is 0.859. The highest BCUT2D eigenvalue weighted by atomic mass is 35.5. The lowest BCUT2D eigenvalue weighted by Crippen LogP contribution is -2.32. The molecule has 5 nitrogen and oxygen atoms in total. The van der Waals surface area contributed by atoms with E-state index in [4.69, 9.17) is 31.9 Å². The Morgan fingerprint density at radius 2 is 2.33 bits per heavy atom. The van der Waals surface area contributed by atoms with Crippen LogP contribution in [0, 0.1) is 0 Å². The predicted octanol–water partition coefficient (Wildman–Crippen LogP) is 1.71. The van der Waals surface area contributed by atoms with Crippen LogP contribution < -0.4 is 15.2 Å². The summed E-state index contributed by atoms with van der Waals surface area (Å²) in [4.78, 5) is 10.6. The smallest absolute Gasteiger partial charge is 0.321 e. The zero-order chi connectivity index (χ0) is 13.1. The molecule has 1 aliphatic rings. The molecule has 0 bridgehead atoms. The normalized spacial score (nSPS) is 14.6. The highest BCUT2D eigenvalue weighted by Crippen LogP contribution is 2.40. The molecule has 1 aromatic rings. The van der Waals surface area contributed by atoms with Crippen LogP contribution in [0.25, 0.3) is 0 Å². The largest absolute Gasteiger partial charge is 0.480 e. The van der Waals surface area contributed by atoms with Gasteiger partial charge in [-0.05, 0) is 17.7 Å². The molecule has 2 rings (SSSR count). The summed E-state index contributed by atoms with van der Waals surface area (Å²) in [6.07, 6.45) is 0. The lowest BCUT2D eigenvalue weighted by atomic mass is 10.2. The third-order valence-corrected chi connectivity index (χ3v) is 3.78. The first-order valence-electron chi connectivity index (χ1n) is 5.22. The minimum Gasteiger partial charge on any atom is -0.480 e. The number of thioether (sulfide) groups is 1. The number of fused-ring (bicyclic) bond motifs is 1. The number of hydrogen-bond acceptors (Lipinski definition) is 5. The van der Waals surface area contributed by atoms with Crippen LogP contribution in [0.15, 0.2) is 12.1 Å². The molecule has 18 heavy (non-hydrogen) atoms. The van der Waals surface area contributed by atoms with Crippen molar-refractivity contribution in [3.8, 4) is 11.5 Å². The van der Waals surface area contributed by atoms with E-state index in [0.29, 0.717) is 28.0 Å². The fourth-order valence-electron chi connectivity index (χ4n) is 1.48. The van der Waals surface area contributed by atoms with Crippen LogP contribution in [0.1, 0.15) is 5.56 Å². The summed E-state index contributed by atoms with van der Waals surface area (Å²) < 4.78 is 10.5. The summed E-state index contributed by atoms with van der Waals surface area (Å²) in [5.74, 6) is 1.16. The fourth-order valence-corrected chi connectivity index (χ4v) is 2.68. The minimum atomic E-state index is -0.994. The van der Waals surface area contributed by atoms with Crippen molar-refractivity contribution in [2.24, 2.45) is 5.73 Å². The molecular weight excluding hydrogens is 278 g/mol. The standard InChI is InChI=1S/C11H12ClNO4S/c12-7-1-6(2-9-10(7)17-5-16-9)3-18-4-8(13)11(14)15/h1-2,8H,3-5,13H2,(H,14,15). The average molecular weight is 290 g/mol. The van der Waals surface area contributed by atoms with E-state index in [0.717, 1.165) is 5.56 Å². The number of carboxylic acids is 1. The number of benzene rings is 1. The Balaban J connectivity index is 1.94. The van der Waals surface area contributed by atoms with Gasteiger partial charge < -0.3 is 20.3 Å². The van der Waals surface area contributed by atoms with Crippen LogP contribution in [0.5, 0.6) is 11.5 Å². The Labute approximate surface area is 113 Å². The van der Waals surface area contributed by atoms with Gasteiger partial charge in [-0.1, -0.05) is 11.6 Å². The summed E-state index contributed by atoms with van der Waals surface area (Å²) in [5.41, 5.74) is 6.36. The molecule has 0 fully saturated rings. The van der Waals surface area contributed by atoms with Gasteiger partial charge in [0.2, 0.25) is 6.79 Å². The van der Waals surface area contributed by atoms with E-state index >= 15 is 0 Å². The maximum Gasteiger partial charge on any atom is 0.321 e. The van der Waals surface area contributed by atoms with Gasteiger partial charge in [-0.15, -0.1) is 0 Å². The van der Waals surface area contributed by atoms with Crippen molar-refractivity contribution in [2.75, 3.05) is 12.5 Å². The summed E-state index contributed by atoms with van der Waals surface area (Å²) in [7, 11) is 0. The molecule has 7 heteroatoms. The van der Waals surface area contributed by atoms with Crippen LogP contribution in [-0.2, 0) is 10.5 Å². The predicted molar refractivity (Wildman–Crippen MR) is 69.3 cm³/mol. The van der Waals surface area contributed by atoms with Gasteiger partial charge in [0.15, 0.2) is 11.5 Å². The van der Waals surface area contributed by atoms with Gasteiger partial charge in [0, 0.05) is 11.5 Å². The lowest BCUT2D eigenvalue weighted by molar-refractivity contribution is -0.137. The molecule has 0 spiro atoms. The third kappa shape index (κ3) is 3.01. The maximum absolute atomic E-state index is 10.6. The number of carbonyl (C=O) groups is 1. The van der Waals surface area contributed by atoms with E-state index in [1.165, 1.54) is 11.8 Å². The molecule has 0 aromatic heterocycles. The highest BCUT2D eigenvalue weighted by molar-refractivity contribution is 7.98. The second kappa shape index (κ2) is 5.69. The summed E-state index contributed by atoms with van der Waals surface area (Å²) in [6.45, 7) is 0.176. The van der Waals surface area contributed by atoms with Crippen molar-refractivity contribution in [3.63, 3.8) is 0 Å². The highest BCUT2D eigenvalue weighted by Gasteiger charge is 2.18. The van der Waals surface area contributed by atoms with Gasteiger partial charge in [-0.25, -0.2) is 0 Å². The number of halogens is 1. The first-order chi connectivity index (χ1) is 8.58. The van der Waals surface area contributed by atoms with Crippen molar-refractivity contribution in [1.82, 2.24) is 0 Å². The number of nitrogens with two attached hydrogens (primary N) is 1. The number of ether oxygens (including phenoxy) is 2. The molecule has 0 saturated heterocycles. The van der Waals surface area contributed by atoms with Crippen molar-refractivity contribution >= 4 is 29.3 Å². The SMILES string of the molecule is NC(CSCc1cc(Cl)c2c(c1)OCO2)C(=O)O. The first kappa shape index (κ1) is 13.3. The van der Waals surface area contributed by atoms with Crippen LogP contribution >= 0.6 is 23.4 Å².